The number of carboxylic acids is 1. The van der Waals surface area contributed by atoms with Crippen LogP contribution >= 0.6 is 11.6 Å². The van der Waals surface area contributed by atoms with Crippen molar-refractivity contribution in [2.75, 3.05) is 6.54 Å². The Hall–Kier alpha value is -2.54. The summed E-state index contributed by atoms with van der Waals surface area (Å²) in [6.07, 6.45) is 2.73. The van der Waals surface area contributed by atoms with Crippen LogP contribution in [0, 0.1) is 0 Å². The fraction of sp³-hybridized carbons (Fsp3) is 0.154. The predicted molar refractivity (Wildman–Crippen MR) is 74.6 cm³/mol. The minimum Gasteiger partial charge on any atom is -0.507 e. The highest BCUT2D eigenvalue weighted by Crippen LogP contribution is 2.21. The van der Waals surface area contributed by atoms with Crippen molar-refractivity contribution in [3.8, 4) is 5.75 Å². The van der Waals surface area contributed by atoms with Gasteiger partial charge in [0.2, 0.25) is 0 Å². The number of aromatic hydroxyl groups is 1. The highest BCUT2D eigenvalue weighted by molar-refractivity contribution is 6.31. The third kappa shape index (κ3) is 3.73. The van der Waals surface area contributed by atoms with Gasteiger partial charge in [-0.05, 0) is 18.2 Å². The fourth-order valence-corrected chi connectivity index (χ4v) is 1.85. The van der Waals surface area contributed by atoms with Gasteiger partial charge in [-0.3, -0.25) is 4.79 Å². The second kappa shape index (κ2) is 6.27. The zero-order valence-corrected chi connectivity index (χ0v) is 11.5. The van der Waals surface area contributed by atoms with Crippen LogP contribution in [0.2, 0.25) is 5.02 Å². The number of carbonyl (C=O) groups excluding carboxylic acids is 1. The van der Waals surface area contributed by atoms with Gasteiger partial charge in [-0.25, -0.2) is 9.78 Å². The number of nitrogens with one attached hydrogen (secondary N) is 1. The van der Waals surface area contributed by atoms with E-state index in [1.807, 2.05) is 0 Å². The van der Waals surface area contributed by atoms with E-state index >= 15 is 0 Å². The van der Waals surface area contributed by atoms with E-state index in [2.05, 4.69) is 10.3 Å². The third-order valence-electron chi connectivity index (χ3n) is 2.71. The normalized spacial score (nSPS) is 10.3. The number of nitrogens with zero attached hydrogens (tertiary/aromatic N) is 2. The number of carboxylic acid groups (broad SMARTS) is 1. The lowest BCUT2D eigenvalue weighted by atomic mass is 10.2. The molecule has 0 unspecified atom stereocenters. The number of benzene rings is 1. The number of halogens is 1. The molecular formula is C13H12ClN3O4. The first-order chi connectivity index (χ1) is 9.97. The predicted octanol–water partition coefficient (Wildman–Crippen LogP) is 1.37. The Morgan fingerprint density at radius 1 is 1.38 bits per heavy atom. The zero-order chi connectivity index (χ0) is 15.4. The lowest BCUT2D eigenvalue weighted by Gasteiger charge is -2.07. The van der Waals surface area contributed by atoms with Crippen molar-refractivity contribution in [2.24, 2.45) is 0 Å². The molecule has 0 atom stereocenters. The molecule has 0 saturated carbocycles. The quantitative estimate of drug-likeness (QED) is 0.773. The van der Waals surface area contributed by atoms with E-state index in [0.29, 0.717) is 11.6 Å². The molecule has 21 heavy (non-hydrogen) atoms. The first-order valence-electron chi connectivity index (χ1n) is 5.99. The van der Waals surface area contributed by atoms with Crippen LogP contribution in [0.25, 0.3) is 0 Å². The van der Waals surface area contributed by atoms with Crippen molar-refractivity contribution in [1.82, 2.24) is 14.9 Å². The molecule has 2 rings (SSSR count). The Morgan fingerprint density at radius 3 is 2.81 bits per heavy atom. The molecule has 0 radical (unpaired) electrons. The number of imidazole rings is 1. The summed E-state index contributed by atoms with van der Waals surface area (Å²) in [4.78, 5) is 26.2. The van der Waals surface area contributed by atoms with E-state index in [-0.39, 0.29) is 23.6 Å². The number of hydrogen-bond acceptors (Lipinski definition) is 4. The van der Waals surface area contributed by atoms with Crippen LogP contribution in [0.5, 0.6) is 5.75 Å². The van der Waals surface area contributed by atoms with Gasteiger partial charge >= 0.3 is 5.97 Å². The van der Waals surface area contributed by atoms with E-state index in [1.165, 1.54) is 30.7 Å². The fourth-order valence-electron chi connectivity index (χ4n) is 1.68. The Morgan fingerprint density at radius 2 is 2.14 bits per heavy atom. The van der Waals surface area contributed by atoms with Gasteiger partial charge in [0.1, 0.15) is 5.75 Å². The Kier molecular flexibility index (Phi) is 4.44. The second-order valence-electron chi connectivity index (χ2n) is 4.22. The van der Waals surface area contributed by atoms with Crippen molar-refractivity contribution >= 4 is 23.5 Å². The molecule has 8 heteroatoms. The average Bonchev–Trinajstić information content (AvgIpc) is 2.90. The highest BCUT2D eigenvalue weighted by Gasteiger charge is 2.11. The number of aromatic nitrogens is 2. The molecule has 0 saturated heterocycles. The van der Waals surface area contributed by atoms with Crippen molar-refractivity contribution in [3.05, 3.63) is 47.0 Å². The van der Waals surface area contributed by atoms with Crippen LogP contribution < -0.4 is 5.32 Å². The van der Waals surface area contributed by atoms with Crippen molar-refractivity contribution < 1.29 is 19.8 Å². The lowest BCUT2D eigenvalue weighted by molar-refractivity contribution is 0.0690. The molecule has 0 aliphatic carbocycles. The molecule has 1 aromatic carbocycles. The van der Waals surface area contributed by atoms with Gasteiger partial charge in [0.05, 0.1) is 11.9 Å². The molecule has 7 nitrogen and oxygen atoms in total. The van der Waals surface area contributed by atoms with Gasteiger partial charge in [-0.2, -0.15) is 0 Å². The molecule has 0 bridgehead atoms. The topological polar surface area (TPSA) is 104 Å². The maximum atomic E-state index is 11.9. The van der Waals surface area contributed by atoms with Crippen LogP contribution in [0.3, 0.4) is 0 Å². The summed E-state index contributed by atoms with van der Waals surface area (Å²) in [5.41, 5.74) is 0.0215. The molecule has 1 amide bonds. The smallest absolute Gasteiger partial charge is 0.356 e. The maximum Gasteiger partial charge on any atom is 0.356 e. The Bertz CT molecular complexity index is 684. The third-order valence-corrected chi connectivity index (χ3v) is 2.95. The van der Waals surface area contributed by atoms with Crippen molar-refractivity contribution in [3.63, 3.8) is 0 Å². The van der Waals surface area contributed by atoms with E-state index in [1.54, 1.807) is 4.57 Å². The average molecular weight is 310 g/mol. The summed E-state index contributed by atoms with van der Waals surface area (Å²) in [7, 11) is 0. The number of hydrogen-bond donors (Lipinski definition) is 3. The standard InChI is InChI=1S/C13H12ClN3O4/c14-8-1-2-11(18)9(5-8)12(19)15-3-4-17-6-10(13(20)21)16-7-17/h1-2,5-7,18H,3-4H2,(H,15,19)(H,20,21). The van der Waals surface area contributed by atoms with Gasteiger partial charge in [-0.15, -0.1) is 0 Å². The number of phenols is 1. The summed E-state index contributed by atoms with van der Waals surface area (Å²) in [6.45, 7) is 0.605. The van der Waals surface area contributed by atoms with Gasteiger partial charge in [0.15, 0.2) is 5.69 Å². The monoisotopic (exact) mass is 309 g/mol. The van der Waals surface area contributed by atoms with E-state index in [0.717, 1.165) is 0 Å². The van der Waals surface area contributed by atoms with E-state index < -0.39 is 11.9 Å². The molecule has 0 aliphatic rings. The van der Waals surface area contributed by atoms with Gasteiger partial charge in [-0.1, -0.05) is 11.6 Å². The van der Waals surface area contributed by atoms with Crippen LogP contribution in [-0.4, -0.2) is 38.2 Å². The summed E-state index contributed by atoms with van der Waals surface area (Å²) in [5, 5.41) is 21.3. The summed E-state index contributed by atoms with van der Waals surface area (Å²) in [6, 6.07) is 4.19. The number of rotatable bonds is 5. The summed E-state index contributed by atoms with van der Waals surface area (Å²) in [5.74, 6) is -1.73. The first kappa shape index (κ1) is 14.9. The number of amides is 1. The largest absolute Gasteiger partial charge is 0.507 e. The molecule has 3 N–H and O–H groups in total. The number of carbonyl (C=O) groups is 2. The minimum atomic E-state index is -1.11. The first-order valence-corrected chi connectivity index (χ1v) is 6.37. The molecular weight excluding hydrogens is 298 g/mol. The summed E-state index contributed by atoms with van der Waals surface area (Å²) >= 11 is 5.76. The lowest BCUT2D eigenvalue weighted by Crippen LogP contribution is -2.27. The Labute approximate surface area is 124 Å². The highest BCUT2D eigenvalue weighted by atomic mass is 35.5. The zero-order valence-electron chi connectivity index (χ0n) is 10.8. The molecule has 1 heterocycles. The molecule has 110 valence electrons. The summed E-state index contributed by atoms with van der Waals surface area (Å²) < 4.78 is 1.54. The molecule has 1 aromatic heterocycles. The number of aromatic carboxylic acids is 1. The van der Waals surface area contributed by atoms with E-state index in [9.17, 15) is 14.7 Å². The van der Waals surface area contributed by atoms with Crippen molar-refractivity contribution in [2.45, 2.75) is 6.54 Å². The van der Waals surface area contributed by atoms with Crippen LogP contribution in [0.4, 0.5) is 0 Å². The minimum absolute atomic E-state index is 0.0613. The Balaban J connectivity index is 1.92. The number of phenolic OH excluding ortho intramolecular Hbond substituents is 1. The van der Waals surface area contributed by atoms with E-state index in [4.69, 9.17) is 16.7 Å². The second-order valence-corrected chi connectivity index (χ2v) is 4.66. The van der Waals surface area contributed by atoms with Crippen molar-refractivity contribution in [1.29, 1.82) is 0 Å². The SMILES string of the molecule is O=C(O)c1cn(CCNC(=O)c2cc(Cl)ccc2O)cn1. The molecule has 0 spiro atoms. The van der Waals surface area contributed by atoms with Gasteiger partial charge in [0, 0.05) is 24.3 Å². The molecule has 2 aromatic rings. The van der Waals surface area contributed by atoms with Crippen LogP contribution in [0.15, 0.2) is 30.7 Å². The van der Waals surface area contributed by atoms with Gasteiger partial charge < -0.3 is 20.1 Å². The molecule has 0 aliphatic heterocycles. The van der Waals surface area contributed by atoms with Crippen LogP contribution in [0.1, 0.15) is 20.8 Å². The maximum absolute atomic E-state index is 11.9. The van der Waals surface area contributed by atoms with Gasteiger partial charge in [0.25, 0.3) is 5.91 Å². The molecule has 0 fully saturated rings. The van der Waals surface area contributed by atoms with Crippen LogP contribution in [-0.2, 0) is 6.54 Å².